The molecule has 0 radical (unpaired) electrons. The fourth-order valence-electron chi connectivity index (χ4n) is 1.99. The van der Waals surface area contributed by atoms with Crippen LogP contribution < -0.4 is 4.74 Å². The highest BCUT2D eigenvalue weighted by Gasteiger charge is 2.26. The largest absolute Gasteiger partial charge is 0.493 e. The molecule has 0 bridgehead atoms. The molecule has 2 nitrogen and oxygen atoms in total. The summed E-state index contributed by atoms with van der Waals surface area (Å²) in [7, 11) is 0. The molecule has 1 fully saturated rings. The van der Waals surface area contributed by atoms with Crippen LogP contribution >= 0.6 is 0 Å². The first-order valence-electron chi connectivity index (χ1n) is 5.63. The van der Waals surface area contributed by atoms with E-state index in [1.165, 1.54) is 24.0 Å². The van der Waals surface area contributed by atoms with Gasteiger partial charge in [-0.3, -0.25) is 0 Å². The third-order valence-corrected chi connectivity index (χ3v) is 2.94. The fraction of sp³-hybridized carbons (Fsp3) is 0.538. The quantitative estimate of drug-likeness (QED) is 0.820. The Kier molecular flexibility index (Phi) is 2.96. The highest BCUT2D eigenvalue weighted by molar-refractivity contribution is 5.44. The van der Waals surface area contributed by atoms with Gasteiger partial charge in [-0.25, -0.2) is 0 Å². The van der Waals surface area contributed by atoms with Gasteiger partial charge in [-0.05, 0) is 55.9 Å². The third-order valence-electron chi connectivity index (χ3n) is 2.94. The smallest absolute Gasteiger partial charge is 0.125 e. The standard InChI is InChI=1S/C13H18O2/c1-3-15-13-6-9(2)12(10-4-5-10)7-11(13)8-14/h6-7,10,14H,3-5,8H2,1-2H3. The van der Waals surface area contributed by atoms with E-state index < -0.39 is 0 Å². The Hall–Kier alpha value is -1.02. The molecule has 0 atom stereocenters. The number of aliphatic hydroxyl groups is 1. The van der Waals surface area contributed by atoms with Crippen LogP contribution in [0, 0.1) is 6.92 Å². The summed E-state index contributed by atoms with van der Waals surface area (Å²) in [6.45, 7) is 4.80. The van der Waals surface area contributed by atoms with Gasteiger partial charge in [-0.15, -0.1) is 0 Å². The summed E-state index contributed by atoms with van der Waals surface area (Å²) in [6.07, 6.45) is 2.58. The van der Waals surface area contributed by atoms with Crippen molar-refractivity contribution in [3.8, 4) is 5.75 Å². The van der Waals surface area contributed by atoms with Crippen molar-refractivity contribution in [2.45, 2.75) is 39.2 Å². The molecule has 1 N–H and O–H groups in total. The molecule has 82 valence electrons. The highest BCUT2D eigenvalue weighted by Crippen LogP contribution is 2.43. The van der Waals surface area contributed by atoms with E-state index in [0.29, 0.717) is 6.61 Å². The van der Waals surface area contributed by atoms with Crippen LogP contribution in [0.15, 0.2) is 12.1 Å². The number of aliphatic hydroxyl groups excluding tert-OH is 1. The molecule has 0 heterocycles. The molecule has 0 spiro atoms. The number of hydrogen-bond donors (Lipinski definition) is 1. The molecule has 0 aromatic heterocycles. The molecular weight excluding hydrogens is 188 g/mol. The van der Waals surface area contributed by atoms with Gasteiger partial charge in [0.05, 0.1) is 13.2 Å². The minimum absolute atomic E-state index is 0.0648. The summed E-state index contributed by atoms with van der Waals surface area (Å²) in [6, 6.07) is 4.17. The zero-order chi connectivity index (χ0) is 10.8. The number of ether oxygens (including phenoxy) is 1. The van der Waals surface area contributed by atoms with Gasteiger partial charge in [-0.2, -0.15) is 0 Å². The van der Waals surface area contributed by atoms with Crippen LogP contribution in [0.5, 0.6) is 5.75 Å². The zero-order valence-corrected chi connectivity index (χ0v) is 9.42. The lowest BCUT2D eigenvalue weighted by molar-refractivity contribution is 0.267. The van der Waals surface area contributed by atoms with E-state index in [4.69, 9.17) is 4.74 Å². The van der Waals surface area contributed by atoms with E-state index in [1.807, 2.05) is 6.92 Å². The molecule has 1 aliphatic carbocycles. The van der Waals surface area contributed by atoms with Crippen molar-refractivity contribution in [2.75, 3.05) is 6.61 Å². The lowest BCUT2D eigenvalue weighted by Gasteiger charge is -2.13. The van der Waals surface area contributed by atoms with Gasteiger partial charge < -0.3 is 9.84 Å². The first-order chi connectivity index (χ1) is 7.26. The Morgan fingerprint density at radius 2 is 2.13 bits per heavy atom. The maximum Gasteiger partial charge on any atom is 0.125 e. The van der Waals surface area contributed by atoms with Gasteiger partial charge in [0.2, 0.25) is 0 Å². The summed E-state index contributed by atoms with van der Waals surface area (Å²) in [4.78, 5) is 0. The highest BCUT2D eigenvalue weighted by atomic mass is 16.5. The van der Waals surface area contributed by atoms with Crippen molar-refractivity contribution in [1.29, 1.82) is 0 Å². The minimum Gasteiger partial charge on any atom is -0.493 e. The lowest BCUT2D eigenvalue weighted by atomic mass is 10.0. The van der Waals surface area contributed by atoms with Crippen LogP contribution in [0.1, 0.15) is 42.4 Å². The zero-order valence-electron chi connectivity index (χ0n) is 9.42. The monoisotopic (exact) mass is 206 g/mol. The van der Waals surface area contributed by atoms with Gasteiger partial charge >= 0.3 is 0 Å². The molecule has 2 heteroatoms. The molecule has 1 aromatic carbocycles. The number of aryl methyl sites for hydroxylation is 1. The molecule has 0 amide bonds. The van der Waals surface area contributed by atoms with Crippen molar-refractivity contribution < 1.29 is 9.84 Å². The Bertz CT molecular complexity index is 354. The second-order valence-electron chi connectivity index (χ2n) is 4.18. The SMILES string of the molecule is CCOc1cc(C)c(C2CC2)cc1CO. The molecule has 0 saturated heterocycles. The van der Waals surface area contributed by atoms with E-state index in [2.05, 4.69) is 19.1 Å². The van der Waals surface area contributed by atoms with Crippen LogP contribution in [0.2, 0.25) is 0 Å². The second kappa shape index (κ2) is 4.23. The molecule has 0 aliphatic heterocycles. The second-order valence-corrected chi connectivity index (χ2v) is 4.18. The summed E-state index contributed by atoms with van der Waals surface area (Å²) < 4.78 is 5.50. The Labute approximate surface area is 90.9 Å². The predicted octanol–water partition coefficient (Wildman–Crippen LogP) is 2.76. The maximum atomic E-state index is 9.28. The average Bonchev–Trinajstić information content (AvgIpc) is 3.02. The molecule has 1 aliphatic rings. The van der Waals surface area contributed by atoms with E-state index in [-0.39, 0.29) is 6.61 Å². The Morgan fingerprint density at radius 1 is 1.40 bits per heavy atom. The summed E-state index contributed by atoms with van der Waals surface area (Å²) >= 11 is 0. The van der Waals surface area contributed by atoms with Gasteiger partial charge in [0.15, 0.2) is 0 Å². The van der Waals surface area contributed by atoms with Crippen molar-refractivity contribution in [2.24, 2.45) is 0 Å². The first-order valence-corrected chi connectivity index (χ1v) is 5.63. The summed E-state index contributed by atoms with van der Waals surface area (Å²) in [5.74, 6) is 1.56. The Morgan fingerprint density at radius 3 is 2.67 bits per heavy atom. The third kappa shape index (κ3) is 2.15. The van der Waals surface area contributed by atoms with Crippen LogP contribution in [0.4, 0.5) is 0 Å². The Balaban J connectivity index is 2.35. The van der Waals surface area contributed by atoms with Gasteiger partial charge in [0.25, 0.3) is 0 Å². The van der Waals surface area contributed by atoms with Gasteiger partial charge in [0, 0.05) is 5.56 Å². The average molecular weight is 206 g/mol. The van der Waals surface area contributed by atoms with E-state index in [9.17, 15) is 5.11 Å². The van der Waals surface area contributed by atoms with Crippen molar-refractivity contribution in [3.05, 3.63) is 28.8 Å². The van der Waals surface area contributed by atoms with Crippen LogP contribution in [-0.2, 0) is 6.61 Å². The van der Waals surface area contributed by atoms with E-state index in [0.717, 1.165) is 17.2 Å². The number of benzene rings is 1. The predicted molar refractivity (Wildman–Crippen MR) is 60.2 cm³/mol. The summed E-state index contributed by atoms with van der Waals surface area (Å²) in [5, 5.41) is 9.28. The fourth-order valence-corrected chi connectivity index (χ4v) is 1.99. The lowest BCUT2D eigenvalue weighted by Crippen LogP contribution is -1.99. The van der Waals surface area contributed by atoms with Gasteiger partial charge in [-0.1, -0.05) is 0 Å². The molecule has 1 saturated carbocycles. The van der Waals surface area contributed by atoms with Gasteiger partial charge in [0.1, 0.15) is 5.75 Å². The topological polar surface area (TPSA) is 29.5 Å². The maximum absolute atomic E-state index is 9.28. The van der Waals surface area contributed by atoms with E-state index >= 15 is 0 Å². The number of rotatable bonds is 4. The summed E-state index contributed by atoms with van der Waals surface area (Å²) in [5.41, 5.74) is 3.60. The van der Waals surface area contributed by atoms with Crippen LogP contribution in [0.25, 0.3) is 0 Å². The normalized spacial score (nSPS) is 15.4. The van der Waals surface area contributed by atoms with Crippen LogP contribution in [0.3, 0.4) is 0 Å². The van der Waals surface area contributed by atoms with Crippen molar-refractivity contribution >= 4 is 0 Å². The van der Waals surface area contributed by atoms with Crippen molar-refractivity contribution in [3.63, 3.8) is 0 Å². The minimum atomic E-state index is 0.0648. The molecule has 1 aromatic rings. The van der Waals surface area contributed by atoms with Crippen LogP contribution in [-0.4, -0.2) is 11.7 Å². The van der Waals surface area contributed by atoms with E-state index in [1.54, 1.807) is 0 Å². The molecular formula is C13H18O2. The molecule has 2 rings (SSSR count). The first kappa shape index (κ1) is 10.5. The number of hydrogen-bond acceptors (Lipinski definition) is 2. The van der Waals surface area contributed by atoms with Crippen molar-refractivity contribution in [1.82, 2.24) is 0 Å². The molecule has 15 heavy (non-hydrogen) atoms. The molecule has 0 unspecified atom stereocenters.